The molecule has 0 bridgehead atoms. The molecule has 1 atom stereocenters. The number of cyclic esters (lactones) is 1. The molecule has 0 amide bonds. The van der Waals surface area contributed by atoms with Crippen molar-refractivity contribution in [2.24, 2.45) is 5.41 Å². The highest BCUT2D eigenvalue weighted by Gasteiger charge is 2.46. The number of esters is 1. The Morgan fingerprint density at radius 1 is 1.64 bits per heavy atom. The maximum absolute atomic E-state index is 11.2. The van der Waals surface area contributed by atoms with Gasteiger partial charge in [-0.15, -0.1) is 0 Å². The predicted molar refractivity (Wildman–Crippen MR) is 46.6 cm³/mol. The Balaban J connectivity index is 2.58. The highest BCUT2D eigenvalue weighted by Crippen LogP contribution is 2.31. The summed E-state index contributed by atoms with van der Waals surface area (Å²) in [6, 6.07) is 0. The Bertz CT molecular complexity index is 246. The fourth-order valence-corrected chi connectivity index (χ4v) is 1.18. The van der Waals surface area contributed by atoms with Gasteiger partial charge in [0.15, 0.2) is 0 Å². The van der Waals surface area contributed by atoms with Gasteiger partial charge in [-0.25, -0.2) is 9.59 Å². The minimum Gasteiger partial charge on any atom is -0.462 e. The Kier molecular flexibility index (Phi) is 2.98. The molecule has 1 rings (SSSR count). The molecule has 1 aliphatic heterocycles. The Morgan fingerprint density at radius 3 is 2.71 bits per heavy atom. The molecule has 5 heteroatoms. The third-order valence-electron chi connectivity index (χ3n) is 1.99. The van der Waals surface area contributed by atoms with E-state index in [1.807, 2.05) is 0 Å². The normalized spacial score (nSPS) is 24.2. The van der Waals surface area contributed by atoms with Crippen LogP contribution in [0.25, 0.3) is 0 Å². The molecule has 1 heterocycles. The summed E-state index contributed by atoms with van der Waals surface area (Å²) in [5, 5.41) is 0. The van der Waals surface area contributed by atoms with Crippen molar-refractivity contribution in [1.82, 2.24) is 0 Å². The van der Waals surface area contributed by atoms with Crippen molar-refractivity contribution in [3.63, 3.8) is 0 Å². The average molecular weight is 202 g/mol. The summed E-state index contributed by atoms with van der Waals surface area (Å²) < 4.78 is 14.2. The molecule has 0 aliphatic carbocycles. The molecule has 0 radical (unpaired) electrons. The SMILES string of the molecule is CCOC(=O)O[C@H]1C(=O)OCC1(C)C. The van der Waals surface area contributed by atoms with Gasteiger partial charge in [0.05, 0.1) is 6.61 Å². The number of hydrogen-bond acceptors (Lipinski definition) is 5. The van der Waals surface area contributed by atoms with Crippen molar-refractivity contribution in [1.29, 1.82) is 0 Å². The second kappa shape index (κ2) is 3.86. The number of hydrogen-bond donors (Lipinski definition) is 0. The summed E-state index contributed by atoms with van der Waals surface area (Å²) in [6.45, 7) is 5.74. The summed E-state index contributed by atoms with van der Waals surface area (Å²) >= 11 is 0. The summed E-state index contributed by atoms with van der Waals surface area (Å²) in [7, 11) is 0. The first kappa shape index (κ1) is 10.8. The lowest BCUT2D eigenvalue weighted by molar-refractivity contribution is -0.146. The lowest BCUT2D eigenvalue weighted by Crippen LogP contribution is -2.35. The minimum atomic E-state index is -0.860. The molecule has 0 aromatic rings. The second-order valence-corrected chi connectivity index (χ2v) is 3.78. The van der Waals surface area contributed by atoms with Crippen LogP contribution < -0.4 is 0 Å². The van der Waals surface area contributed by atoms with Gasteiger partial charge in [-0.3, -0.25) is 0 Å². The van der Waals surface area contributed by atoms with E-state index >= 15 is 0 Å². The first-order chi connectivity index (χ1) is 6.47. The average Bonchev–Trinajstić information content (AvgIpc) is 2.32. The van der Waals surface area contributed by atoms with Crippen molar-refractivity contribution in [2.45, 2.75) is 26.9 Å². The first-order valence-corrected chi connectivity index (χ1v) is 4.47. The van der Waals surface area contributed by atoms with E-state index in [9.17, 15) is 9.59 Å². The van der Waals surface area contributed by atoms with E-state index in [-0.39, 0.29) is 13.2 Å². The van der Waals surface area contributed by atoms with Crippen LogP contribution in [0.1, 0.15) is 20.8 Å². The fourth-order valence-electron chi connectivity index (χ4n) is 1.18. The molecule has 0 spiro atoms. The predicted octanol–water partition coefficient (Wildman–Crippen LogP) is 1.11. The lowest BCUT2D eigenvalue weighted by atomic mass is 9.90. The molecule has 0 N–H and O–H groups in total. The monoisotopic (exact) mass is 202 g/mol. The van der Waals surface area contributed by atoms with Crippen LogP contribution in [0.3, 0.4) is 0 Å². The van der Waals surface area contributed by atoms with E-state index in [4.69, 9.17) is 9.47 Å². The molecule has 0 aromatic heterocycles. The number of rotatable bonds is 2. The smallest absolute Gasteiger partial charge is 0.462 e. The largest absolute Gasteiger partial charge is 0.509 e. The molecule has 80 valence electrons. The topological polar surface area (TPSA) is 61.8 Å². The van der Waals surface area contributed by atoms with Crippen LogP contribution >= 0.6 is 0 Å². The van der Waals surface area contributed by atoms with E-state index < -0.39 is 23.6 Å². The number of carbonyl (C=O) groups is 2. The van der Waals surface area contributed by atoms with E-state index in [0.717, 1.165) is 0 Å². The third kappa shape index (κ3) is 2.16. The maximum atomic E-state index is 11.2. The summed E-state index contributed by atoms with van der Waals surface area (Å²) in [5.74, 6) is -0.511. The highest BCUT2D eigenvalue weighted by molar-refractivity contribution is 5.80. The summed E-state index contributed by atoms with van der Waals surface area (Å²) in [4.78, 5) is 22.2. The van der Waals surface area contributed by atoms with Gasteiger partial charge in [0.25, 0.3) is 0 Å². The number of carbonyl (C=O) groups excluding carboxylic acids is 2. The van der Waals surface area contributed by atoms with Gasteiger partial charge in [-0.1, -0.05) is 13.8 Å². The van der Waals surface area contributed by atoms with Gasteiger partial charge in [0.2, 0.25) is 6.10 Å². The molecule has 1 aliphatic rings. The molecule has 0 unspecified atom stereocenters. The standard InChI is InChI=1S/C9H14O5/c1-4-12-8(11)14-6-7(10)13-5-9(6,2)3/h6H,4-5H2,1-3H3/t6-/m0/s1. The van der Waals surface area contributed by atoms with Crippen LogP contribution in [0, 0.1) is 5.41 Å². The van der Waals surface area contributed by atoms with Crippen molar-refractivity contribution >= 4 is 12.1 Å². The van der Waals surface area contributed by atoms with Crippen molar-refractivity contribution in [3.05, 3.63) is 0 Å². The van der Waals surface area contributed by atoms with Crippen LogP contribution in [0.5, 0.6) is 0 Å². The van der Waals surface area contributed by atoms with Gasteiger partial charge >= 0.3 is 12.1 Å². The Labute approximate surface area is 82.3 Å². The molecule has 1 saturated heterocycles. The molecule has 0 saturated carbocycles. The molecule has 14 heavy (non-hydrogen) atoms. The van der Waals surface area contributed by atoms with Crippen molar-refractivity contribution in [3.8, 4) is 0 Å². The quantitative estimate of drug-likeness (QED) is 0.628. The van der Waals surface area contributed by atoms with Crippen LogP contribution in [0.4, 0.5) is 4.79 Å². The first-order valence-electron chi connectivity index (χ1n) is 4.47. The zero-order valence-corrected chi connectivity index (χ0v) is 8.53. The fraction of sp³-hybridized carbons (Fsp3) is 0.778. The summed E-state index contributed by atoms with van der Waals surface area (Å²) in [5.41, 5.74) is -0.482. The number of ether oxygens (including phenoxy) is 3. The van der Waals surface area contributed by atoms with Gasteiger partial charge < -0.3 is 14.2 Å². The summed E-state index contributed by atoms with van der Waals surface area (Å²) in [6.07, 6.45) is -1.69. The Morgan fingerprint density at radius 2 is 2.29 bits per heavy atom. The molecule has 0 aromatic carbocycles. The van der Waals surface area contributed by atoms with E-state index in [2.05, 4.69) is 4.74 Å². The molecule has 1 fully saturated rings. The van der Waals surface area contributed by atoms with E-state index in [1.54, 1.807) is 20.8 Å². The van der Waals surface area contributed by atoms with Crippen molar-refractivity contribution < 1.29 is 23.8 Å². The van der Waals surface area contributed by atoms with E-state index in [1.165, 1.54) is 0 Å². The van der Waals surface area contributed by atoms with Crippen LogP contribution in [-0.2, 0) is 19.0 Å². The van der Waals surface area contributed by atoms with Crippen LogP contribution in [-0.4, -0.2) is 31.4 Å². The Hall–Kier alpha value is -1.26. The van der Waals surface area contributed by atoms with Crippen molar-refractivity contribution in [2.75, 3.05) is 13.2 Å². The second-order valence-electron chi connectivity index (χ2n) is 3.78. The molecular formula is C9H14O5. The molecule has 5 nitrogen and oxygen atoms in total. The lowest BCUT2D eigenvalue weighted by Gasteiger charge is -2.20. The van der Waals surface area contributed by atoms with Gasteiger partial charge in [-0.2, -0.15) is 0 Å². The van der Waals surface area contributed by atoms with E-state index in [0.29, 0.717) is 0 Å². The van der Waals surface area contributed by atoms with Gasteiger partial charge in [0, 0.05) is 5.41 Å². The third-order valence-corrected chi connectivity index (χ3v) is 1.99. The zero-order valence-electron chi connectivity index (χ0n) is 8.53. The van der Waals surface area contributed by atoms with Gasteiger partial charge in [0.1, 0.15) is 6.61 Å². The zero-order chi connectivity index (χ0) is 10.8. The minimum absolute atomic E-state index is 0.223. The highest BCUT2D eigenvalue weighted by atomic mass is 16.7. The van der Waals surface area contributed by atoms with Crippen LogP contribution in [0.15, 0.2) is 0 Å². The van der Waals surface area contributed by atoms with Gasteiger partial charge in [-0.05, 0) is 6.92 Å². The molecular weight excluding hydrogens is 188 g/mol. The van der Waals surface area contributed by atoms with Crippen LogP contribution in [0.2, 0.25) is 0 Å². The maximum Gasteiger partial charge on any atom is 0.509 e.